The van der Waals surface area contributed by atoms with E-state index in [0.29, 0.717) is 21.6 Å². The molecule has 1 aromatic heterocycles. The molecule has 0 saturated carbocycles. The molecular weight excluding hydrogens is 331 g/mol. The van der Waals surface area contributed by atoms with Gasteiger partial charge in [0, 0.05) is 4.47 Å². The van der Waals surface area contributed by atoms with E-state index in [9.17, 15) is 9.18 Å². The van der Waals surface area contributed by atoms with E-state index in [1.807, 2.05) is 0 Å². The summed E-state index contributed by atoms with van der Waals surface area (Å²) in [4.78, 5) is 11.4. The number of aryl methyl sites for hydroxylation is 1. The third-order valence-corrected chi connectivity index (χ3v) is 3.13. The number of carbonyl (C=O) groups is 1. The molecule has 106 valence electrons. The molecule has 0 aliphatic carbocycles. The monoisotopic (exact) mass is 342 g/mol. The van der Waals surface area contributed by atoms with Crippen molar-refractivity contribution in [2.75, 3.05) is 7.11 Å². The van der Waals surface area contributed by atoms with Crippen molar-refractivity contribution in [2.45, 2.75) is 13.5 Å². The normalized spacial score (nSPS) is 10.4. The van der Waals surface area contributed by atoms with Crippen LogP contribution in [0.15, 0.2) is 33.2 Å². The molecule has 6 heteroatoms. The zero-order valence-corrected chi connectivity index (χ0v) is 12.5. The fraction of sp³-hybridized carbons (Fsp3) is 0.214. The van der Waals surface area contributed by atoms with Gasteiger partial charge in [0.05, 0.1) is 7.11 Å². The van der Waals surface area contributed by atoms with Crippen LogP contribution in [0, 0.1) is 12.7 Å². The van der Waals surface area contributed by atoms with Gasteiger partial charge in [-0.05, 0) is 31.2 Å². The Morgan fingerprint density at radius 2 is 2.15 bits per heavy atom. The maximum absolute atomic E-state index is 13.6. The predicted molar refractivity (Wildman–Crippen MR) is 73.2 cm³/mol. The number of hydrogen-bond donors (Lipinski definition) is 0. The van der Waals surface area contributed by atoms with Crippen LogP contribution >= 0.6 is 15.9 Å². The summed E-state index contributed by atoms with van der Waals surface area (Å²) in [5, 5.41) is 0. The van der Waals surface area contributed by atoms with Gasteiger partial charge in [0.1, 0.15) is 23.7 Å². The van der Waals surface area contributed by atoms with E-state index in [4.69, 9.17) is 9.15 Å². The molecule has 0 amide bonds. The summed E-state index contributed by atoms with van der Waals surface area (Å²) in [6.45, 7) is 1.67. The van der Waals surface area contributed by atoms with Crippen LogP contribution in [0.1, 0.15) is 21.9 Å². The Labute approximate surface area is 123 Å². The minimum Gasteiger partial charge on any atom is -0.483 e. The average Bonchev–Trinajstić information content (AvgIpc) is 2.78. The summed E-state index contributed by atoms with van der Waals surface area (Å²) in [6.07, 6.45) is 0. The predicted octanol–water partition coefficient (Wildman–Crippen LogP) is 3.86. The molecule has 1 heterocycles. The number of rotatable bonds is 4. The molecule has 1 aromatic carbocycles. The van der Waals surface area contributed by atoms with Gasteiger partial charge >= 0.3 is 5.97 Å². The van der Waals surface area contributed by atoms with E-state index in [1.165, 1.54) is 25.3 Å². The fourth-order valence-corrected chi connectivity index (χ4v) is 2.00. The lowest BCUT2D eigenvalue weighted by Gasteiger charge is -2.05. The number of benzene rings is 1. The van der Waals surface area contributed by atoms with Crippen LogP contribution < -0.4 is 4.74 Å². The maximum Gasteiger partial charge on any atom is 0.341 e. The van der Waals surface area contributed by atoms with Crippen LogP contribution in [0.5, 0.6) is 5.75 Å². The molecule has 20 heavy (non-hydrogen) atoms. The quantitative estimate of drug-likeness (QED) is 0.791. The highest BCUT2D eigenvalue weighted by atomic mass is 79.9. The minimum atomic E-state index is -0.479. The van der Waals surface area contributed by atoms with Crippen molar-refractivity contribution in [1.29, 1.82) is 0 Å². The van der Waals surface area contributed by atoms with Crippen LogP contribution in [-0.4, -0.2) is 13.1 Å². The average molecular weight is 343 g/mol. The molecule has 2 aromatic rings. The van der Waals surface area contributed by atoms with E-state index in [2.05, 4.69) is 20.7 Å². The van der Waals surface area contributed by atoms with Crippen molar-refractivity contribution in [3.8, 4) is 5.75 Å². The molecule has 0 atom stereocenters. The number of methoxy groups -OCH3 is 1. The summed E-state index contributed by atoms with van der Waals surface area (Å²) in [5.74, 6) is 0.0157. The second-order valence-electron chi connectivity index (χ2n) is 4.04. The van der Waals surface area contributed by atoms with Crippen molar-refractivity contribution in [3.05, 3.63) is 51.6 Å². The molecule has 2 rings (SSSR count). The van der Waals surface area contributed by atoms with Crippen LogP contribution in [0.2, 0.25) is 0 Å². The Morgan fingerprint density at radius 1 is 1.40 bits per heavy atom. The highest BCUT2D eigenvalue weighted by Crippen LogP contribution is 2.23. The highest BCUT2D eigenvalue weighted by molar-refractivity contribution is 9.10. The minimum absolute atomic E-state index is 0.0242. The lowest BCUT2D eigenvalue weighted by molar-refractivity contribution is 0.0599. The molecule has 4 nitrogen and oxygen atoms in total. The zero-order chi connectivity index (χ0) is 14.7. The van der Waals surface area contributed by atoms with Gasteiger partial charge in [-0.25, -0.2) is 9.18 Å². The summed E-state index contributed by atoms with van der Waals surface area (Å²) in [6, 6.07) is 6.02. The van der Waals surface area contributed by atoms with Gasteiger partial charge < -0.3 is 13.9 Å². The van der Waals surface area contributed by atoms with Crippen molar-refractivity contribution in [1.82, 2.24) is 0 Å². The third kappa shape index (κ3) is 3.19. The zero-order valence-electron chi connectivity index (χ0n) is 10.9. The van der Waals surface area contributed by atoms with E-state index >= 15 is 0 Å². The van der Waals surface area contributed by atoms with Crippen LogP contribution in [0.3, 0.4) is 0 Å². The highest BCUT2D eigenvalue weighted by Gasteiger charge is 2.16. The topological polar surface area (TPSA) is 48.7 Å². The summed E-state index contributed by atoms with van der Waals surface area (Å²) in [5.41, 5.74) is 0.336. The molecule has 0 fully saturated rings. The van der Waals surface area contributed by atoms with E-state index < -0.39 is 11.8 Å². The smallest absolute Gasteiger partial charge is 0.341 e. The molecule has 0 aliphatic rings. The first-order valence-electron chi connectivity index (χ1n) is 5.76. The lowest BCUT2D eigenvalue weighted by Crippen LogP contribution is -2.01. The number of hydrogen-bond acceptors (Lipinski definition) is 4. The second kappa shape index (κ2) is 6.09. The van der Waals surface area contributed by atoms with Crippen LogP contribution in [0.25, 0.3) is 0 Å². The van der Waals surface area contributed by atoms with E-state index in [1.54, 1.807) is 13.0 Å². The Bertz CT molecular complexity index is 636. The van der Waals surface area contributed by atoms with Gasteiger partial charge in [-0.15, -0.1) is 0 Å². The largest absolute Gasteiger partial charge is 0.483 e. The molecule has 0 bridgehead atoms. The van der Waals surface area contributed by atoms with Gasteiger partial charge in [-0.1, -0.05) is 15.9 Å². The van der Waals surface area contributed by atoms with Gasteiger partial charge in [-0.2, -0.15) is 0 Å². The first-order chi connectivity index (χ1) is 9.51. The Kier molecular flexibility index (Phi) is 4.44. The number of furan rings is 1. The van der Waals surface area contributed by atoms with Crippen LogP contribution in [0.4, 0.5) is 4.39 Å². The number of halogens is 2. The Hall–Kier alpha value is -1.82. The first-order valence-corrected chi connectivity index (χ1v) is 6.56. The number of esters is 1. The number of ether oxygens (including phenoxy) is 2. The Morgan fingerprint density at radius 3 is 2.80 bits per heavy atom. The van der Waals surface area contributed by atoms with E-state index in [-0.39, 0.29) is 12.4 Å². The molecule has 0 saturated heterocycles. The summed E-state index contributed by atoms with van der Waals surface area (Å²) < 4.78 is 29.5. The SMILES string of the molecule is COC(=O)c1cc(COc2ccc(Br)cc2F)oc1C. The fourth-order valence-electron chi connectivity index (χ4n) is 1.67. The standard InChI is InChI=1S/C14H12BrFO4/c1-8-11(14(17)18-2)6-10(20-8)7-19-13-4-3-9(15)5-12(13)16/h3-6H,7H2,1-2H3. The third-order valence-electron chi connectivity index (χ3n) is 2.64. The van der Waals surface area contributed by atoms with Crippen molar-refractivity contribution in [3.63, 3.8) is 0 Å². The van der Waals surface area contributed by atoms with Crippen molar-refractivity contribution < 1.29 is 23.1 Å². The van der Waals surface area contributed by atoms with E-state index in [0.717, 1.165) is 0 Å². The maximum atomic E-state index is 13.6. The van der Waals surface area contributed by atoms with Crippen molar-refractivity contribution >= 4 is 21.9 Å². The number of carbonyl (C=O) groups excluding carboxylic acids is 1. The molecule has 0 N–H and O–H groups in total. The van der Waals surface area contributed by atoms with Crippen molar-refractivity contribution in [2.24, 2.45) is 0 Å². The molecule has 0 unspecified atom stereocenters. The molecule has 0 radical (unpaired) electrons. The lowest BCUT2D eigenvalue weighted by atomic mass is 10.2. The summed E-state index contributed by atoms with van der Waals surface area (Å²) in [7, 11) is 1.29. The van der Waals surface area contributed by atoms with Gasteiger partial charge in [0.25, 0.3) is 0 Å². The second-order valence-corrected chi connectivity index (χ2v) is 4.95. The summed E-state index contributed by atoms with van der Waals surface area (Å²) >= 11 is 3.16. The first kappa shape index (κ1) is 14.6. The Balaban J connectivity index is 2.09. The van der Waals surface area contributed by atoms with Crippen LogP contribution in [-0.2, 0) is 11.3 Å². The molecular formula is C14H12BrFO4. The van der Waals surface area contributed by atoms with Gasteiger partial charge in [0.15, 0.2) is 11.6 Å². The molecule has 0 aliphatic heterocycles. The van der Waals surface area contributed by atoms with Gasteiger partial charge in [-0.3, -0.25) is 0 Å². The molecule has 0 spiro atoms. The van der Waals surface area contributed by atoms with Gasteiger partial charge in [0.2, 0.25) is 0 Å².